The number of hydrogen-bond acceptors (Lipinski definition) is 4. The van der Waals surface area contributed by atoms with E-state index in [2.05, 4.69) is 44.2 Å². The molecule has 0 radical (unpaired) electrons. The van der Waals surface area contributed by atoms with E-state index in [1.165, 1.54) is 18.4 Å². The first-order valence-corrected chi connectivity index (χ1v) is 8.66. The summed E-state index contributed by atoms with van der Waals surface area (Å²) in [6.07, 6.45) is 2.59. The van der Waals surface area contributed by atoms with E-state index >= 15 is 0 Å². The Morgan fingerprint density at radius 3 is 2.39 bits per heavy atom. The predicted molar refractivity (Wildman–Crippen MR) is 92.6 cm³/mol. The van der Waals surface area contributed by atoms with Gasteiger partial charge in [0.05, 0.1) is 26.4 Å². The molecule has 3 unspecified atom stereocenters. The number of rotatable bonds is 13. The molecule has 132 valence electrons. The summed E-state index contributed by atoms with van der Waals surface area (Å²) in [6.45, 7) is 6.09. The normalized spacial score (nSPS) is 15.3. The first kappa shape index (κ1) is 20.1. The van der Waals surface area contributed by atoms with Gasteiger partial charge in [0.1, 0.15) is 6.10 Å². The molecule has 1 aromatic carbocycles. The molecule has 4 heteroatoms. The summed E-state index contributed by atoms with van der Waals surface area (Å²) in [7, 11) is 0. The molecule has 1 aromatic rings. The van der Waals surface area contributed by atoms with Crippen LogP contribution in [0.4, 0.5) is 0 Å². The van der Waals surface area contributed by atoms with Crippen LogP contribution < -0.4 is 0 Å². The topological polar surface area (TPSA) is 58.9 Å². The Kier molecular flexibility index (Phi) is 10.9. The van der Waals surface area contributed by atoms with E-state index in [0.717, 1.165) is 6.42 Å². The van der Waals surface area contributed by atoms with Gasteiger partial charge in [-0.25, -0.2) is 0 Å². The largest absolute Gasteiger partial charge is 0.394 e. The highest BCUT2D eigenvalue weighted by atomic mass is 16.5. The zero-order chi connectivity index (χ0) is 16.9. The van der Waals surface area contributed by atoms with E-state index in [-0.39, 0.29) is 13.2 Å². The van der Waals surface area contributed by atoms with Gasteiger partial charge in [-0.05, 0) is 30.2 Å². The summed E-state index contributed by atoms with van der Waals surface area (Å²) in [5, 5.41) is 17.8. The highest BCUT2D eigenvalue weighted by Crippen LogP contribution is 2.28. The van der Waals surface area contributed by atoms with Gasteiger partial charge in [0.15, 0.2) is 0 Å². The van der Waals surface area contributed by atoms with Crippen molar-refractivity contribution in [3.63, 3.8) is 0 Å². The minimum absolute atomic E-state index is 0.153. The van der Waals surface area contributed by atoms with E-state index < -0.39 is 6.10 Å². The molecule has 0 aliphatic carbocycles. The van der Waals surface area contributed by atoms with Gasteiger partial charge in [0.25, 0.3) is 0 Å². The van der Waals surface area contributed by atoms with E-state index in [1.54, 1.807) is 0 Å². The quantitative estimate of drug-likeness (QED) is 0.548. The number of aliphatic hydroxyl groups is 2. The van der Waals surface area contributed by atoms with Gasteiger partial charge in [-0.2, -0.15) is 0 Å². The fourth-order valence-electron chi connectivity index (χ4n) is 2.52. The predicted octanol–water partition coefficient (Wildman–Crippen LogP) is 2.98. The zero-order valence-corrected chi connectivity index (χ0v) is 14.5. The smallest absolute Gasteiger partial charge is 0.100 e. The first-order chi connectivity index (χ1) is 11.2. The van der Waals surface area contributed by atoms with Crippen molar-refractivity contribution < 1.29 is 19.7 Å². The SMILES string of the molecule is CCC(C)CC(CCOCCOCC(O)CO)c1ccccc1. The van der Waals surface area contributed by atoms with Crippen LogP contribution in [0.5, 0.6) is 0 Å². The second-order valence-electron chi connectivity index (χ2n) is 6.17. The molecule has 0 fully saturated rings. The lowest BCUT2D eigenvalue weighted by Crippen LogP contribution is -2.21. The average Bonchev–Trinajstić information content (AvgIpc) is 2.60. The maximum absolute atomic E-state index is 9.15. The van der Waals surface area contributed by atoms with E-state index in [4.69, 9.17) is 19.7 Å². The third-order valence-corrected chi connectivity index (χ3v) is 4.16. The van der Waals surface area contributed by atoms with Crippen LogP contribution in [0.2, 0.25) is 0 Å². The molecule has 0 aliphatic rings. The van der Waals surface area contributed by atoms with Gasteiger partial charge >= 0.3 is 0 Å². The molecule has 0 saturated carbocycles. The maximum atomic E-state index is 9.15. The third kappa shape index (κ3) is 9.06. The summed E-state index contributed by atoms with van der Waals surface area (Å²) in [4.78, 5) is 0. The van der Waals surface area contributed by atoms with Gasteiger partial charge in [0.2, 0.25) is 0 Å². The third-order valence-electron chi connectivity index (χ3n) is 4.16. The maximum Gasteiger partial charge on any atom is 0.100 e. The Morgan fingerprint density at radius 1 is 1.04 bits per heavy atom. The van der Waals surface area contributed by atoms with Crippen LogP contribution in [0, 0.1) is 5.92 Å². The Morgan fingerprint density at radius 2 is 1.74 bits per heavy atom. The van der Waals surface area contributed by atoms with E-state index in [0.29, 0.717) is 31.7 Å². The summed E-state index contributed by atoms with van der Waals surface area (Å²) in [5.41, 5.74) is 1.39. The highest BCUT2D eigenvalue weighted by Gasteiger charge is 2.14. The van der Waals surface area contributed by atoms with Crippen molar-refractivity contribution in [2.75, 3.05) is 33.0 Å². The second kappa shape index (κ2) is 12.5. The summed E-state index contributed by atoms with van der Waals surface area (Å²) >= 11 is 0. The van der Waals surface area contributed by atoms with Crippen molar-refractivity contribution >= 4 is 0 Å². The van der Waals surface area contributed by atoms with Crippen LogP contribution in [0.25, 0.3) is 0 Å². The molecule has 0 bridgehead atoms. The van der Waals surface area contributed by atoms with Gasteiger partial charge in [-0.3, -0.25) is 0 Å². The monoisotopic (exact) mass is 324 g/mol. The molecule has 0 aromatic heterocycles. The first-order valence-electron chi connectivity index (χ1n) is 8.66. The van der Waals surface area contributed by atoms with Gasteiger partial charge in [0, 0.05) is 6.61 Å². The number of aliphatic hydroxyl groups excluding tert-OH is 2. The summed E-state index contributed by atoms with van der Waals surface area (Å²) < 4.78 is 10.9. The van der Waals surface area contributed by atoms with Crippen LogP contribution in [-0.2, 0) is 9.47 Å². The summed E-state index contributed by atoms with van der Waals surface area (Å²) in [6, 6.07) is 10.7. The minimum Gasteiger partial charge on any atom is -0.394 e. The summed E-state index contributed by atoms with van der Waals surface area (Å²) in [5.74, 6) is 1.24. The standard InChI is InChI=1S/C19H32O4/c1-3-16(2)13-18(17-7-5-4-6-8-17)9-10-22-11-12-23-15-19(21)14-20/h4-8,16,18-21H,3,9-15H2,1-2H3. The van der Waals surface area contributed by atoms with Crippen LogP contribution in [0.3, 0.4) is 0 Å². The highest BCUT2D eigenvalue weighted by molar-refractivity contribution is 5.19. The van der Waals surface area contributed by atoms with Crippen molar-refractivity contribution in [1.82, 2.24) is 0 Å². The molecule has 0 spiro atoms. The zero-order valence-electron chi connectivity index (χ0n) is 14.5. The molecule has 0 saturated heterocycles. The lowest BCUT2D eigenvalue weighted by Gasteiger charge is -2.21. The van der Waals surface area contributed by atoms with Gasteiger partial charge in [-0.1, -0.05) is 50.6 Å². The van der Waals surface area contributed by atoms with Gasteiger partial charge in [-0.15, -0.1) is 0 Å². The van der Waals surface area contributed by atoms with E-state index in [1.807, 2.05) is 0 Å². The van der Waals surface area contributed by atoms with Crippen molar-refractivity contribution in [3.8, 4) is 0 Å². The molecular formula is C19H32O4. The van der Waals surface area contributed by atoms with E-state index in [9.17, 15) is 0 Å². The van der Waals surface area contributed by atoms with Crippen molar-refractivity contribution in [2.45, 2.75) is 45.1 Å². The molecule has 4 nitrogen and oxygen atoms in total. The van der Waals surface area contributed by atoms with Crippen LogP contribution in [0.1, 0.15) is 44.6 Å². The Hall–Kier alpha value is -0.940. The fourth-order valence-corrected chi connectivity index (χ4v) is 2.52. The fraction of sp³-hybridized carbons (Fsp3) is 0.684. The van der Waals surface area contributed by atoms with Crippen molar-refractivity contribution in [2.24, 2.45) is 5.92 Å². The lowest BCUT2D eigenvalue weighted by atomic mass is 9.86. The molecular weight excluding hydrogens is 292 g/mol. The number of hydrogen-bond donors (Lipinski definition) is 2. The van der Waals surface area contributed by atoms with Crippen LogP contribution in [0.15, 0.2) is 30.3 Å². The molecule has 23 heavy (non-hydrogen) atoms. The Bertz CT molecular complexity index is 382. The van der Waals surface area contributed by atoms with Crippen molar-refractivity contribution in [3.05, 3.63) is 35.9 Å². The number of ether oxygens (including phenoxy) is 2. The molecule has 2 N–H and O–H groups in total. The molecule has 0 aliphatic heterocycles. The molecule has 3 atom stereocenters. The van der Waals surface area contributed by atoms with Crippen LogP contribution in [-0.4, -0.2) is 49.4 Å². The average molecular weight is 324 g/mol. The van der Waals surface area contributed by atoms with Gasteiger partial charge < -0.3 is 19.7 Å². The lowest BCUT2D eigenvalue weighted by molar-refractivity contribution is -0.0154. The van der Waals surface area contributed by atoms with Crippen molar-refractivity contribution in [1.29, 1.82) is 0 Å². The second-order valence-corrected chi connectivity index (χ2v) is 6.17. The Balaban J connectivity index is 2.26. The minimum atomic E-state index is -0.798. The van der Waals surface area contributed by atoms with Crippen LogP contribution >= 0.6 is 0 Å². The molecule has 0 amide bonds. The molecule has 0 heterocycles. The Labute approximate surface area is 140 Å². The number of benzene rings is 1. The molecule has 1 rings (SSSR count).